The highest BCUT2D eigenvalue weighted by Crippen LogP contribution is 2.17. The van der Waals surface area contributed by atoms with E-state index in [0.717, 1.165) is 17.0 Å². The van der Waals surface area contributed by atoms with Crippen molar-refractivity contribution in [2.45, 2.75) is 13.8 Å². The number of nitrogens with zero attached hydrogens (tertiary/aromatic N) is 1. The zero-order valence-corrected chi connectivity index (χ0v) is 10.8. The highest BCUT2D eigenvalue weighted by atomic mass is 16.5. The van der Waals surface area contributed by atoms with Crippen molar-refractivity contribution in [1.82, 2.24) is 0 Å². The molecular formula is C16H17NO. The van der Waals surface area contributed by atoms with Gasteiger partial charge in [-0.15, -0.1) is 0 Å². The first-order valence-corrected chi connectivity index (χ1v) is 6.12. The van der Waals surface area contributed by atoms with E-state index >= 15 is 0 Å². The minimum atomic E-state index is 0.691. The molecule has 0 saturated carbocycles. The molecule has 2 nitrogen and oxygen atoms in total. The van der Waals surface area contributed by atoms with E-state index in [0.29, 0.717) is 6.61 Å². The number of para-hydroxylation sites is 1. The van der Waals surface area contributed by atoms with Gasteiger partial charge in [-0.1, -0.05) is 18.2 Å². The van der Waals surface area contributed by atoms with Gasteiger partial charge < -0.3 is 4.74 Å². The topological polar surface area (TPSA) is 21.6 Å². The lowest BCUT2D eigenvalue weighted by atomic mass is 10.2. The van der Waals surface area contributed by atoms with Crippen molar-refractivity contribution >= 4 is 11.9 Å². The predicted molar refractivity (Wildman–Crippen MR) is 76.0 cm³/mol. The fourth-order valence-corrected chi connectivity index (χ4v) is 1.67. The molecular weight excluding hydrogens is 222 g/mol. The zero-order chi connectivity index (χ0) is 12.8. The van der Waals surface area contributed by atoms with Gasteiger partial charge in [0.1, 0.15) is 5.75 Å². The molecule has 2 heteroatoms. The van der Waals surface area contributed by atoms with Crippen LogP contribution in [0.5, 0.6) is 5.75 Å². The molecule has 0 atom stereocenters. The second-order valence-corrected chi connectivity index (χ2v) is 4.05. The summed E-state index contributed by atoms with van der Waals surface area (Å²) < 4.78 is 5.40. The number of rotatable bonds is 4. The van der Waals surface area contributed by atoms with E-state index in [1.807, 2.05) is 55.6 Å². The lowest BCUT2D eigenvalue weighted by Gasteiger charge is -2.02. The normalized spacial score (nSPS) is 10.8. The molecule has 0 aromatic heterocycles. The number of hydrogen-bond acceptors (Lipinski definition) is 2. The third kappa shape index (κ3) is 3.20. The van der Waals surface area contributed by atoms with E-state index in [1.54, 1.807) is 0 Å². The van der Waals surface area contributed by atoms with Crippen LogP contribution in [-0.2, 0) is 0 Å². The highest BCUT2D eigenvalue weighted by Gasteiger charge is 1.94. The van der Waals surface area contributed by atoms with Crippen molar-refractivity contribution in [2.24, 2.45) is 4.99 Å². The van der Waals surface area contributed by atoms with Crippen molar-refractivity contribution < 1.29 is 4.74 Å². The molecule has 0 heterocycles. The molecule has 0 aliphatic carbocycles. The minimum Gasteiger partial charge on any atom is -0.494 e. The van der Waals surface area contributed by atoms with E-state index < -0.39 is 0 Å². The van der Waals surface area contributed by atoms with Crippen LogP contribution in [0, 0.1) is 6.92 Å². The average molecular weight is 239 g/mol. The predicted octanol–water partition coefficient (Wildman–Crippen LogP) is 4.14. The third-order valence-electron chi connectivity index (χ3n) is 2.66. The first-order valence-electron chi connectivity index (χ1n) is 6.12. The van der Waals surface area contributed by atoms with Gasteiger partial charge >= 0.3 is 0 Å². The van der Waals surface area contributed by atoms with Crippen LogP contribution in [0.4, 0.5) is 5.69 Å². The van der Waals surface area contributed by atoms with E-state index in [1.165, 1.54) is 5.56 Å². The molecule has 0 aliphatic heterocycles. The first kappa shape index (κ1) is 12.4. The summed E-state index contributed by atoms with van der Waals surface area (Å²) >= 11 is 0. The van der Waals surface area contributed by atoms with Gasteiger partial charge in [-0.05, 0) is 55.3 Å². The van der Waals surface area contributed by atoms with Gasteiger partial charge in [-0.2, -0.15) is 0 Å². The van der Waals surface area contributed by atoms with Gasteiger partial charge in [0.25, 0.3) is 0 Å². The van der Waals surface area contributed by atoms with Crippen LogP contribution in [-0.4, -0.2) is 12.8 Å². The van der Waals surface area contributed by atoms with Crippen molar-refractivity contribution in [3.8, 4) is 5.75 Å². The Bertz CT molecular complexity index is 529. The molecule has 0 saturated heterocycles. The van der Waals surface area contributed by atoms with Crippen LogP contribution in [0.1, 0.15) is 18.1 Å². The summed E-state index contributed by atoms with van der Waals surface area (Å²) in [6.45, 7) is 4.73. The molecule has 2 aromatic carbocycles. The maximum atomic E-state index is 5.40. The summed E-state index contributed by atoms with van der Waals surface area (Å²) in [6.07, 6.45) is 1.87. The van der Waals surface area contributed by atoms with Crippen LogP contribution in [0.25, 0.3) is 0 Å². The van der Waals surface area contributed by atoms with Gasteiger partial charge in [0.15, 0.2) is 0 Å². The fraction of sp³-hybridized carbons (Fsp3) is 0.188. The molecule has 0 N–H and O–H groups in total. The SMILES string of the molecule is CCOc1ccc(C=Nc2ccccc2C)cc1. The molecule has 0 aliphatic rings. The molecule has 92 valence electrons. The van der Waals surface area contributed by atoms with Crippen LogP contribution in [0.15, 0.2) is 53.5 Å². The Morgan fingerprint density at radius 2 is 1.78 bits per heavy atom. The van der Waals surface area contributed by atoms with Gasteiger partial charge in [0.2, 0.25) is 0 Å². The van der Waals surface area contributed by atoms with Gasteiger partial charge in [0.05, 0.1) is 12.3 Å². The summed E-state index contributed by atoms with van der Waals surface area (Å²) in [6, 6.07) is 16.0. The van der Waals surface area contributed by atoms with Gasteiger partial charge in [-0.25, -0.2) is 0 Å². The summed E-state index contributed by atoms with van der Waals surface area (Å²) in [5.41, 5.74) is 3.26. The Hall–Kier alpha value is -2.09. The number of aliphatic imine (C=N–C) groups is 1. The second-order valence-electron chi connectivity index (χ2n) is 4.05. The Balaban J connectivity index is 2.12. The van der Waals surface area contributed by atoms with Crippen LogP contribution in [0.3, 0.4) is 0 Å². The number of hydrogen-bond donors (Lipinski definition) is 0. The van der Waals surface area contributed by atoms with Crippen molar-refractivity contribution in [1.29, 1.82) is 0 Å². The summed E-state index contributed by atoms with van der Waals surface area (Å²) in [5, 5.41) is 0. The molecule has 18 heavy (non-hydrogen) atoms. The summed E-state index contributed by atoms with van der Waals surface area (Å²) in [4.78, 5) is 4.49. The molecule has 0 fully saturated rings. The maximum Gasteiger partial charge on any atom is 0.119 e. The monoisotopic (exact) mass is 239 g/mol. The molecule has 2 aromatic rings. The fourth-order valence-electron chi connectivity index (χ4n) is 1.67. The quantitative estimate of drug-likeness (QED) is 0.735. The van der Waals surface area contributed by atoms with Crippen LogP contribution >= 0.6 is 0 Å². The Morgan fingerprint density at radius 1 is 1.06 bits per heavy atom. The summed E-state index contributed by atoms with van der Waals surface area (Å²) in [5.74, 6) is 0.894. The number of benzene rings is 2. The van der Waals surface area contributed by atoms with Crippen molar-refractivity contribution in [3.05, 3.63) is 59.7 Å². The molecule has 0 bridgehead atoms. The van der Waals surface area contributed by atoms with Crippen LogP contribution < -0.4 is 4.74 Å². The number of aryl methyl sites for hydroxylation is 1. The standard InChI is InChI=1S/C16H17NO/c1-3-18-15-10-8-14(9-11-15)12-17-16-7-5-4-6-13(16)2/h4-12H,3H2,1-2H3. The van der Waals surface area contributed by atoms with Crippen molar-refractivity contribution in [2.75, 3.05) is 6.61 Å². The Kier molecular flexibility index (Phi) is 4.13. The van der Waals surface area contributed by atoms with E-state index in [2.05, 4.69) is 18.0 Å². The molecule has 0 radical (unpaired) electrons. The molecule has 0 amide bonds. The van der Waals surface area contributed by atoms with Gasteiger partial charge in [-0.3, -0.25) is 4.99 Å². The molecule has 0 spiro atoms. The van der Waals surface area contributed by atoms with Crippen molar-refractivity contribution in [3.63, 3.8) is 0 Å². The van der Waals surface area contributed by atoms with Gasteiger partial charge in [0, 0.05) is 6.21 Å². The van der Waals surface area contributed by atoms with Crippen LogP contribution in [0.2, 0.25) is 0 Å². The largest absolute Gasteiger partial charge is 0.494 e. The summed E-state index contributed by atoms with van der Waals surface area (Å²) in [7, 11) is 0. The van der Waals surface area contributed by atoms with E-state index in [9.17, 15) is 0 Å². The third-order valence-corrected chi connectivity index (χ3v) is 2.66. The molecule has 2 rings (SSSR count). The zero-order valence-electron chi connectivity index (χ0n) is 10.8. The molecule has 0 unspecified atom stereocenters. The first-order chi connectivity index (χ1) is 8.79. The average Bonchev–Trinajstić information content (AvgIpc) is 2.40. The minimum absolute atomic E-state index is 0.691. The van der Waals surface area contributed by atoms with E-state index in [4.69, 9.17) is 4.74 Å². The smallest absolute Gasteiger partial charge is 0.119 e. The lowest BCUT2D eigenvalue weighted by Crippen LogP contribution is -1.91. The highest BCUT2D eigenvalue weighted by molar-refractivity contribution is 5.82. The Morgan fingerprint density at radius 3 is 2.44 bits per heavy atom. The lowest BCUT2D eigenvalue weighted by molar-refractivity contribution is 0.340. The maximum absolute atomic E-state index is 5.40. The second kappa shape index (κ2) is 6.01. The number of ether oxygens (including phenoxy) is 1. The Labute approximate surface area is 108 Å². The van der Waals surface area contributed by atoms with E-state index in [-0.39, 0.29) is 0 Å².